The Balaban J connectivity index is 1.97. The Hall–Kier alpha value is -1.60. The molecule has 2 fully saturated rings. The molecule has 2 aliphatic rings. The molecule has 0 aromatic heterocycles. The van der Waals surface area contributed by atoms with Crippen molar-refractivity contribution in [2.75, 3.05) is 33.3 Å². The van der Waals surface area contributed by atoms with Gasteiger partial charge in [0.2, 0.25) is 11.8 Å². The van der Waals surface area contributed by atoms with E-state index in [-0.39, 0.29) is 23.9 Å². The van der Waals surface area contributed by atoms with Crippen LogP contribution in [0.4, 0.5) is 0 Å². The third-order valence-corrected chi connectivity index (χ3v) is 6.44. The molecule has 7 nitrogen and oxygen atoms in total. The molecule has 1 saturated heterocycles. The van der Waals surface area contributed by atoms with Gasteiger partial charge >= 0.3 is 0 Å². The van der Waals surface area contributed by atoms with E-state index in [0.29, 0.717) is 25.6 Å². The summed E-state index contributed by atoms with van der Waals surface area (Å²) in [6.07, 6.45) is 9.91. The number of carbonyl (C=O) groups is 2. The topological polar surface area (TPSA) is 73.9 Å². The first kappa shape index (κ1) is 24.7. The minimum absolute atomic E-state index is 0.0717. The summed E-state index contributed by atoms with van der Waals surface area (Å²) in [5.74, 6) is 0.680. The van der Waals surface area contributed by atoms with Crippen LogP contribution in [0.3, 0.4) is 0 Å². The largest absolute Gasteiger partial charge is 0.352 e. The van der Waals surface area contributed by atoms with Gasteiger partial charge in [-0.25, -0.2) is 0 Å². The molecule has 1 aliphatic heterocycles. The quantitative estimate of drug-likeness (QED) is 0.396. The van der Waals surface area contributed by atoms with Gasteiger partial charge < -0.3 is 10.2 Å². The van der Waals surface area contributed by atoms with Crippen LogP contribution >= 0.6 is 0 Å². The number of likely N-dealkylation sites (tertiary alicyclic amines) is 1. The summed E-state index contributed by atoms with van der Waals surface area (Å²) < 4.78 is 0. The van der Waals surface area contributed by atoms with Gasteiger partial charge in [-0.05, 0) is 52.1 Å². The fourth-order valence-corrected chi connectivity index (χ4v) is 4.60. The number of hydroxylamine groups is 1. The molecule has 2 N–H and O–H groups in total. The first-order valence-corrected chi connectivity index (χ1v) is 11.8. The van der Waals surface area contributed by atoms with Crippen molar-refractivity contribution in [3.05, 3.63) is 12.3 Å². The Labute approximate surface area is 182 Å². The first-order chi connectivity index (χ1) is 14.4. The van der Waals surface area contributed by atoms with Crippen molar-refractivity contribution in [3.63, 3.8) is 0 Å². The van der Waals surface area contributed by atoms with Crippen molar-refractivity contribution in [1.82, 2.24) is 20.6 Å². The van der Waals surface area contributed by atoms with E-state index in [1.807, 2.05) is 11.9 Å². The van der Waals surface area contributed by atoms with E-state index in [9.17, 15) is 9.59 Å². The maximum atomic E-state index is 13.6. The van der Waals surface area contributed by atoms with Crippen molar-refractivity contribution < 1.29 is 14.4 Å². The Morgan fingerprint density at radius 1 is 1.17 bits per heavy atom. The Morgan fingerprint density at radius 2 is 1.87 bits per heavy atom. The highest BCUT2D eigenvalue weighted by Gasteiger charge is 2.37. The average molecular weight is 423 g/mol. The summed E-state index contributed by atoms with van der Waals surface area (Å²) >= 11 is 0. The van der Waals surface area contributed by atoms with E-state index in [2.05, 4.69) is 29.2 Å². The maximum absolute atomic E-state index is 13.6. The number of hydrogen-bond donors (Lipinski definition) is 2. The highest BCUT2D eigenvalue weighted by atomic mass is 16.6. The molecule has 172 valence electrons. The molecule has 30 heavy (non-hydrogen) atoms. The molecule has 7 heteroatoms. The van der Waals surface area contributed by atoms with Crippen LogP contribution in [0.5, 0.6) is 0 Å². The van der Waals surface area contributed by atoms with Gasteiger partial charge in [0.25, 0.3) is 0 Å². The number of nitrogens with zero attached hydrogens (tertiary/aromatic N) is 2. The predicted octanol–water partition coefficient (Wildman–Crippen LogP) is 2.83. The maximum Gasteiger partial charge on any atom is 0.242 e. The lowest BCUT2D eigenvalue weighted by molar-refractivity contribution is -0.146. The van der Waals surface area contributed by atoms with Crippen LogP contribution in [0.1, 0.15) is 71.6 Å². The number of piperidine rings is 1. The Bertz CT molecular complexity index is 563. The molecular formula is C23H42N4O3. The number of allylic oxidation sites excluding steroid dienone is 1. The molecule has 1 heterocycles. The first-order valence-electron chi connectivity index (χ1n) is 11.8. The van der Waals surface area contributed by atoms with Crippen molar-refractivity contribution in [2.24, 2.45) is 5.92 Å². The summed E-state index contributed by atoms with van der Waals surface area (Å²) in [5, 5.41) is 2.93. The summed E-state index contributed by atoms with van der Waals surface area (Å²) in [6.45, 7) is 9.86. The van der Waals surface area contributed by atoms with Crippen molar-refractivity contribution >= 4 is 11.8 Å². The van der Waals surface area contributed by atoms with Crippen molar-refractivity contribution in [2.45, 2.75) is 83.7 Å². The van der Waals surface area contributed by atoms with Crippen LogP contribution < -0.4 is 10.8 Å². The molecular weight excluding hydrogens is 380 g/mol. The molecule has 1 aliphatic carbocycles. The number of rotatable bonds is 11. The van der Waals surface area contributed by atoms with E-state index in [1.54, 1.807) is 6.92 Å². The predicted molar refractivity (Wildman–Crippen MR) is 120 cm³/mol. The highest BCUT2D eigenvalue weighted by molar-refractivity contribution is 5.90. The Kier molecular flexibility index (Phi) is 10.6. The van der Waals surface area contributed by atoms with Crippen LogP contribution in [-0.2, 0) is 14.4 Å². The second-order valence-electron chi connectivity index (χ2n) is 8.89. The number of hydrogen-bond acceptors (Lipinski definition) is 5. The molecule has 2 rings (SSSR count). The van der Waals surface area contributed by atoms with Crippen LogP contribution in [0, 0.1) is 5.92 Å². The smallest absolute Gasteiger partial charge is 0.242 e. The SMILES string of the molecule is C=C(C)NOCCNC(=O)[C@@H]1CCCCN1C(=O)[C@@H](CC1CCCCC1)N(C)CC. The molecule has 1 saturated carbocycles. The van der Waals surface area contributed by atoms with Gasteiger partial charge in [0, 0.05) is 18.8 Å². The summed E-state index contributed by atoms with van der Waals surface area (Å²) in [6, 6.07) is -0.505. The molecule has 0 aromatic carbocycles. The molecule has 0 spiro atoms. The average Bonchev–Trinajstić information content (AvgIpc) is 2.76. The van der Waals surface area contributed by atoms with Crippen molar-refractivity contribution in [1.29, 1.82) is 0 Å². The standard InChI is InChI=1S/C23H42N4O3/c1-5-26(4)21(17-19-11-7-6-8-12-19)23(29)27-15-10-9-13-20(27)22(28)24-14-16-30-25-18(2)3/h19-21,25H,2,5-17H2,1,3-4H3,(H,24,28)/t20-,21+/m0/s1. The van der Waals surface area contributed by atoms with Crippen LogP contribution in [-0.4, -0.2) is 67.0 Å². The fraction of sp³-hybridized carbons (Fsp3) is 0.826. The minimum Gasteiger partial charge on any atom is -0.352 e. The molecule has 0 radical (unpaired) electrons. The second kappa shape index (κ2) is 13.0. The third-order valence-electron chi connectivity index (χ3n) is 6.44. The van der Waals surface area contributed by atoms with Crippen LogP contribution in [0.15, 0.2) is 12.3 Å². The lowest BCUT2D eigenvalue weighted by Crippen LogP contribution is -2.57. The van der Waals surface area contributed by atoms with E-state index in [1.165, 1.54) is 32.1 Å². The number of amides is 2. The molecule has 0 bridgehead atoms. The number of carbonyl (C=O) groups excluding carboxylic acids is 2. The molecule has 2 atom stereocenters. The molecule has 0 unspecified atom stereocenters. The summed E-state index contributed by atoms with van der Waals surface area (Å²) in [5.41, 5.74) is 3.40. The van der Waals surface area contributed by atoms with E-state index < -0.39 is 0 Å². The van der Waals surface area contributed by atoms with E-state index in [4.69, 9.17) is 4.84 Å². The lowest BCUT2D eigenvalue weighted by atomic mass is 9.84. The fourth-order valence-electron chi connectivity index (χ4n) is 4.60. The van der Waals surface area contributed by atoms with Gasteiger partial charge in [0.05, 0.1) is 12.6 Å². The van der Waals surface area contributed by atoms with Crippen molar-refractivity contribution in [3.8, 4) is 0 Å². The minimum atomic E-state index is -0.375. The van der Waals surface area contributed by atoms with Gasteiger partial charge in [-0.1, -0.05) is 45.6 Å². The normalized spacial score (nSPS) is 21.3. The van der Waals surface area contributed by atoms with Gasteiger partial charge in [-0.15, -0.1) is 0 Å². The van der Waals surface area contributed by atoms with Gasteiger partial charge in [-0.3, -0.25) is 24.8 Å². The zero-order valence-electron chi connectivity index (χ0n) is 19.3. The molecule has 2 amide bonds. The van der Waals surface area contributed by atoms with Crippen LogP contribution in [0.2, 0.25) is 0 Å². The van der Waals surface area contributed by atoms with Gasteiger partial charge in [0.15, 0.2) is 0 Å². The van der Waals surface area contributed by atoms with Crippen LogP contribution in [0.25, 0.3) is 0 Å². The highest BCUT2D eigenvalue weighted by Crippen LogP contribution is 2.30. The monoisotopic (exact) mass is 422 g/mol. The summed E-state index contributed by atoms with van der Waals surface area (Å²) in [4.78, 5) is 35.7. The Morgan fingerprint density at radius 3 is 2.53 bits per heavy atom. The van der Waals surface area contributed by atoms with E-state index in [0.717, 1.165) is 37.9 Å². The zero-order valence-corrected chi connectivity index (χ0v) is 19.3. The second-order valence-corrected chi connectivity index (χ2v) is 8.89. The zero-order chi connectivity index (χ0) is 21.9. The number of likely N-dealkylation sites (N-methyl/N-ethyl adjacent to an activating group) is 1. The summed E-state index contributed by atoms with van der Waals surface area (Å²) in [7, 11) is 2.04. The number of nitrogens with one attached hydrogen (secondary N) is 2. The molecule has 0 aromatic rings. The lowest BCUT2D eigenvalue weighted by Gasteiger charge is -2.40. The van der Waals surface area contributed by atoms with Gasteiger partial charge in [-0.2, -0.15) is 0 Å². The van der Waals surface area contributed by atoms with E-state index >= 15 is 0 Å². The van der Waals surface area contributed by atoms with Gasteiger partial charge in [0.1, 0.15) is 6.04 Å². The third kappa shape index (κ3) is 7.58.